The maximum atomic E-state index is 13.2. The minimum atomic E-state index is -0.761. The summed E-state index contributed by atoms with van der Waals surface area (Å²) in [5.74, 6) is 0.745. The molecule has 6 rings (SSSR count). The topological polar surface area (TPSA) is 46.6 Å². The van der Waals surface area contributed by atoms with Crippen LogP contribution in [0.15, 0.2) is 24.3 Å². The number of hydrogen-bond acceptors (Lipinski definition) is 3. The molecule has 1 aromatic carbocycles. The van der Waals surface area contributed by atoms with Crippen molar-refractivity contribution in [3.8, 4) is 0 Å². The minimum absolute atomic E-state index is 0.126. The van der Waals surface area contributed by atoms with Crippen molar-refractivity contribution in [1.82, 2.24) is 0 Å². The fraction of sp³-hybridized carbons (Fsp3) is 0.636. The number of alkyl halides is 1. The number of carbonyl (C=O) groups is 2. The molecule has 1 aliphatic heterocycles. The summed E-state index contributed by atoms with van der Waals surface area (Å²) in [5.41, 5.74) is 1.65. The Morgan fingerprint density at radius 2 is 1.89 bits per heavy atom. The average Bonchev–Trinajstić information content (AvgIpc) is 3.03. The molecule has 144 valence electrons. The molecule has 0 spiro atoms. The van der Waals surface area contributed by atoms with E-state index < -0.39 is 11.5 Å². The molecule has 4 saturated carbocycles. The zero-order valence-corrected chi connectivity index (χ0v) is 16.5. The van der Waals surface area contributed by atoms with Crippen LogP contribution < -0.4 is 4.90 Å². The number of fused-ring (bicyclic) bond motifs is 1. The van der Waals surface area contributed by atoms with Crippen molar-refractivity contribution < 1.29 is 14.3 Å². The monoisotopic (exact) mass is 387 g/mol. The van der Waals surface area contributed by atoms with Crippen LogP contribution in [0.3, 0.4) is 0 Å². The molecule has 27 heavy (non-hydrogen) atoms. The lowest BCUT2D eigenvalue weighted by Gasteiger charge is -2.58. The van der Waals surface area contributed by atoms with E-state index in [4.69, 9.17) is 16.3 Å². The fourth-order valence-corrected chi connectivity index (χ4v) is 7.20. The van der Waals surface area contributed by atoms with Crippen molar-refractivity contribution in [1.29, 1.82) is 0 Å². The van der Waals surface area contributed by atoms with E-state index in [1.165, 1.54) is 12.0 Å². The SMILES string of the molecule is C[C@@H](OC(=O)C12C[C@H]3C[C@@H](CC(Cl)(C3)C1)C2)C(=O)N1CCc2ccccc21. The van der Waals surface area contributed by atoms with E-state index in [0.29, 0.717) is 24.8 Å². The lowest BCUT2D eigenvalue weighted by atomic mass is 9.49. The first-order valence-corrected chi connectivity index (χ1v) is 10.5. The number of esters is 1. The van der Waals surface area contributed by atoms with Crippen LogP contribution in [0, 0.1) is 17.3 Å². The number of anilines is 1. The number of rotatable bonds is 3. The highest BCUT2D eigenvalue weighted by Crippen LogP contribution is 2.64. The number of benzene rings is 1. The highest BCUT2D eigenvalue weighted by atomic mass is 35.5. The van der Waals surface area contributed by atoms with Gasteiger partial charge in [0, 0.05) is 17.1 Å². The van der Waals surface area contributed by atoms with E-state index in [1.54, 1.807) is 11.8 Å². The third-order valence-electron chi connectivity index (χ3n) is 7.21. The first-order chi connectivity index (χ1) is 12.9. The molecular formula is C22H26ClNO3. The lowest BCUT2D eigenvalue weighted by molar-refractivity contribution is -0.176. The molecule has 4 aliphatic carbocycles. The third-order valence-corrected chi connectivity index (χ3v) is 7.65. The Balaban J connectivity index is 1.31. The van der Waals surface area contributed by atoms with E-state index in [-0.39, 0.29) is 16.8 Å². The Hall–Kier alpha value is -1.55. The summed E-state index contributed by atoms with van der Waals surface area (Å²) in [6.45, 7) is 2.36. The van der Waals surface area contributed by atoms with Crippen LogP contribution >= 0.6 is 11.6 Å². The van der Waals surface area contributed by atoms with E-state index in [2.05, 4.69) is 6.07 Å². The maximum Gasteiger partial charge on any atom is 0.312 e. The van der Waals surface area contributed by atoms with E-state index >= 15 is 0 Å². The molecule has 0 radical (unpaired) electrons. The number of carbonyl (C=O) groups excluding carboxylic acids is 2. The van der Waals surface area contributed by atoms with Gasteiger partial charge >= 0.3 is 5.97 Å². The summed E-state index contributed by atoms with van der Waals surface area (Å²) >= 11 is 6.84. The fourth-order valence-electron chi connectivity index (χ4n) is 6.51. The van der Waals surface area contributed by atoms with Crippen LogP contribution in [0.5, 0.6) is 0 Å². The van der Waals surface area contributed by atoms with E-state index in [9.17, 15) is 9.59 Å². The van der Waals surface area contributed by atoms with Gasteiger partial charge in [0.15, 0.2) is 6.10 Å². The smallest absolute Gasteiger partial charge is 0.312 e. The molecule has 0 N–H and O–H groups in total. The van der Waals surface area contributed by atoms with Crippen LogP contribution in [0.4, 0.5) is 5.69 Å². The van der Waals surface area contributed by atoms with Crippen LogP contribution in [0.2, 0.25) is 0 Å². The molecule has 1 amide bonds. The third kappa shape index (κ3) is 2.79. The molecule has 4 fully saturated rings. The van der Waals surface area contributed by atoms with Crippen LogP contribution in [0.25, 0.3) is 0 Å². The maximum absolute atomic E-state index is 13.2. The summed E-state index contributed by atoms with van der Waals surface area (Å²) in [6.07, 6.45) is 5.81. The number of halogens is 1. The summed E-state index contributed by atoms with van der Waals surface area (Å²) in [6, 6.07) is 7.95. The molecule has 1 aromatic rings. The first kappa shape index (κ1) is 17.5. The lowest BCUT2D eigenvalue weighted by Crippen LogP contribution is -2.57. The van der Waals surface area contributed by atoms with Crippen LogP contribution in [0.1, 0.15) is 51.0 Å². The average molecular weight is 388 g/mol. The molecule has 0 aromatic heterocycles. The van der Waals surface area contributed by atoms with Crippen molar-refractivity contribution in [2.75, 3.05) is 11.4 Å². The van der Waals surface area contributed by atoms with E-state index in [0.717, 1.165) is 37.8 Å². The Kier molecular flexibility index (Phi) is 3.88. The Morgan fingerprint density at radius 1 is 1.19 bits per heavy atom. The zero-order chi connectivity index (χ0) is 18.8. The van der Waals surface area contributed by atoms with Gasteiger partial charge in [-0.25, -0.2) is 0 Å². The molecule has 1 heterocycles. The second kappa shape index (κ2) is 5.97. The quantitative estimate of drug-likeness (QED) is 0.579. The van der Waals surface area contributed by atoms with Gasteiger partial charge in [-0.15, -0.1) is 11.6 Å². The molecule has 3 atom stereocenters. The number of para-hydroxylation sites is 1. The van der Waals surface area contributed by atoms with Gasteiger partial charge in [-0.1, -0.05) is 18.2 Å². The van der Waals surface area contributed by atoms with Gasteiger partial charge in [0.25, 0.3) is 5.91 Å². The minimum Gasteiger partial charge on any atom is -0.452 e. The largest absolute Gasteiger partial charge is 0.452 e. The predicted octanol–water partition coefficient (Wildman–Crippen LogP) is 4.09. The van der Waals surface area contributed by atoms with Gasteiger partial charge < -0.3 is 9.64 Å². The van der Waals surface area contributed by atoms with Gasteiger partial charge in [0.05, 0.1) is 5.41 Å². The number of amides is 1. The summed E-state index contributed by atoms with van der Waals surface area (Å²) in [7, 11) is 0. The summed E-state index contributed by atoms with van der Waals surface area (Å²) < 4.78 is 5.78. The van der Waals surface area contributed by atoms with Gasteiger partial charge in [0.1, 0.15) is 0 Å². The molecular weight excluding hydrogens is 362 g/mol. The Bertz CT molecular complexity index is 793. The summed E-state index contributed by atoms with van der Waals surface area (Å²) in [4.78, 5) is 27.6. The van der Waals surface area contributed by atoms with Crippen LogP contribution in [-0.4, -0.2) is 29.4 Å². The van der Waals surface area contributed by atoms with Gasteiger partial charge in [-0.3, -0.25) is 9.59 Å². The van der Waals surface area contributed by atoms with Crippen molar-refractivity contribution in [3.05, 3.63) is 29.8 Å². The standard InChI is InChI=1S/C22H26ClNO3/c1-14(19(25)24-7-6-17-4-2-3-5-18(17)24)27-20(26)21-9-15-8-16(10-21)12-22(23,11-15)13-21/h2-5,14-16H,6-13H2,1H3/t14-,15-,16-,21?,22?/m1/s1. The molecule has 4 bridgehead atoms. The van der Waals surface area contributed by atoms with Gasteiger partial charge in [-0.05, 0) is 75.3 Å². The Morgan fingerprint density at radius 3 is 2.59 bits per heavy atom. The molecule has 0 unspecified atom stereocenters. The normalized spacial score (nSPS) is 37.2. The summed E-state index contributed by atoms with van der Waals surface area (Å²) in [5, 5.41) is 0. The highest BCUT2D eigenvalue weighted by molar-refractivity contribution is 6.24. The molecule has 0 saturated heterocycles. The number of nitrogens with zero attached hydrogens (tertiary/aromatic N) is 1. The van der Waals surface area contributed by atoms with Crippen LogP contribution in [-0.2, 0) is 20.7 Å². The number of ether oxygens (including phenoxy) is 1. The first-order valence-electron chi connectivity index (χ1n) is 10.2. The zero-order valence-electron chi connectivity index (χ0n) is 15.7. The second-order valence-corrected chi connectivity index (χ2v) is 10.1. The van der Waals surface area contributed by atoms with E-state index in [1.807, 2.05) is 18.2 Å². The Labute approximate surface area is 165 Å². The van der Waals surface area contributed by atoms with Gasteiger partial charge in [-0.2, -0.15) is 0 Å². The molecule has 4 nitrogen and oxygen atoms in total. The van der Waals surface area contributed by atoms with Gasteiger partial charge in [0.2, 0.25) is 0 Å². The van der Waals surface area contributed by atoms with Crippen molar-refractivity contribution in [3.63, 3.8) is 0 Å². The predicted molar refractivity (Wildman–Crippen MR) is 104 cm³/mol. The second-order valence-electron chi connectivity index (χ2n) is 9.31. The van der Waals surface area contributed by atoms with Crippen molar-refractivity contribution in [2.24, 2.45) is 17.3 Å². The van der Waals surface area contributed by atoms with Crippen molar-refractivity contribution in [2.45, 2.75) is 62.8 Å². The molecule has 5 heteroatoms. The number of hydrogen-bond donors (Lipinski definition) is 0. The molecule has 5 aliphatic rings. The van der Waals surface area contributed by atoms with Crippen molar-refractivity contribution >= 4 is 29.2 Å². The highest BCUT2D eigenvalue weighted by Gasteiger charge is 2.61.